The molecule has 0 N–H and O–H groups in total. The van der Waals surface area contributed by atoms with Gasteiger partial charge >= 0.3 is 6.09 Å². The lowest BCUT2D eigenvalue weighted by Gasteiger charge is -2.25. The van der Waals surface area contributed by atoms with Crippen LogP contribution in [0.4, 0.5) is 16.5 Å². The standard InChI is InChI=1S/C18H24N4O5/c1-18(2,3)27-17(23)21-8-7-12(11-21)10-20(4)16-19-14-9-13(22(24)25)5-6-15(14)26-16/h5-6,9,12H,7-8,10-11H2,1-4H3. The molecule has 9 heteroatoms. The van der Waals surface area contributed by atoms with E-state index in [0.717, 1.165) is 6.42 Å². The molecule has 146 valence electrons. The maximum atomic E-state index is 12.2. The zero-order valence-electron chi connectivity index (χ0n) is 16.0. The number of oxazole rings is 1. The number of nitro benzene ring substituents is 1. The number of hydrogen-bond acceptors (Lipinski definition) is 7. The summed E-state index contributed by atoms with van der Waals surface area (Å²) in [6, 6.07) is 4.75. The first-order chi connectivity index (χ1) is 12.6. The zero-order valence-corrected chi connectivity index (χ0v) is 16.0. The quantitative estimate of drug-likeness (QED) is 0.595. The summed E-state index contributed by atoms with van der Waals surface area (Å²) in [6.07, 6.45) is 0.580. The van der Waals surface area contributed by atoms with Gasteiger partial charge in [-0.05, 0) is 39.2 Å². The highest BCUT2D eigenvalue weighted by atomic mass is 16.6. The van der Waals surface area contributed by atoms with Gasteiger partial charge in [-0.1, -0.05) is 0 Å². The van der Waals surface area contributed by atoms with Crippen molar-refractivity contribution in [2.75, 3.05) is 31.6 Å². The SMILES string of the molecule is CN(CC1CCN(C(=O)OC(C)(C)C)C1)c1nc2cc([N+](=O)[O-])ccc2o1. The second kappa shape index (κ2) is 7.05. The second-order valence-corrected chi connectivity index (χ2v) is 7.87. The molecule has 1 unspecified atom stereocenters. The van der Waals surface area contributed by atoms with Gasteiger partial charge in [0.1, 0.15) is 11.1 Å². The lowest BCUT2D eigenvalue weighted by molar-refractivity contribution is -0.384. The molecule has 0 bridgehead atoms. The number of carbonyl (C=O) groups excluding carboxylic acids is 1. The fraction of sp³-hybridized carbons (Fsp3) is 0.556. The Bertz CT molecular complexity index is 857. The number of carbonyl (C=O) groups is 1. The Labute approximate surface area is 157 Å². The number of non-ortho nitro benzene ring substituents is 1. The van der Waals surface area contributed by atoms with E-state index in [0.29, 0.717) is 36.7 Å². The average Bonchev–Trinajstić information content (AvgIpc) is 3.18. The molecule has 1 atom stereocenters. The average molecular weight is 376 g/mol. The summed E-state index contributed by atoms with van der Waals surface area (Å²) in [5.41, 5.74) is 0.429. The fourth-order valence-corrected chi connectivity index (χ4v) is 3.12. The molecule has 0 spiro atoms. The predicted molar refractivity (Wildman–Crippen MR) is 99.8 cm³/mol. The Hall–Kier alpha value is -2.84. The van der Waals surface area contributed by atoms with Gasteiger partial charge in [-0.3, -0.25) is 10.1 Å². The van der Waals surface area contributed by atoms with Crippen LogP contribution in [0.5, 0.6) is 0 Å². The maximum Gasteiger partial charge on any atom is 0.410 e. The van der Waals surface area contributed by atoms with Crippen LogP contribution in [-0.4, -0.2) is 53.2 Å². The first kappa shape index (κ1) is 18.9. The summed E-state index contributed by atoms with van der Waals surface area (Å²) in [4.78, 5) is 30.5. The highest BCUT2D eigenvalue weighted by Gasteiger charge is 2.31. The van der Waals surface area contributed by atoms with Crippen molar-refractivity contribution in [3.05, 3.63) is 28.3 Å². The van der Waals surface area contributed by atoms with Gasteiger partial charge in [0, 0.05) is 38.8 Å². The second-order valence-electron chi connectivity index (χ2n) is 7.87. The third-order valence-electron chi connectivity index (χ3n) is 4.37. The summed E-state index contributed by atoms with van der Waals surface area (Å²) in [7, 11) is 1.86. The molecule has 3 rings (SSSR count). The van der Waals surface area contributed by atoms with Crippen molar-refractivity contribution in [2.45, 2.75) is 32.8 Å². The molecule has 9 nitrogen and oxygen atoms in total. The first-order valence-corrected chi connectivity index (χ1v) is 8.86. The highest BCUT2D eigenvalue weighted by Crippen LogP contribution is 2.27. The number of aromatic nitrogens is 1. The van der Waals surface area contributed by atoms with Crippen molar-refractivity contribution in [2.24, 2.45) is 5.92 Å². The van der Waals surface area contributed by atoms with Crippen molar-refractivity contribution >= 4 is 28.9 Å². The van der Waals surface area contributed by atoms with E-state index in [1.165, 1.54) is 12.1 Å². The van der Waals surface area contributed by atoms with E-state index < -0.39 is 10.5 Å². The molecule has 1 saturated heterocycles. The van der Waals surface area contributed by atoms with Gasteiger partial charge in [-0.2, -0.15) is 4.98 Å². The Balaban J connectivity index is 1.62. The van der Waals surface area contributed by atoms with E-state index in [4.69, 9.17) is 9.15 Å². The topological polar surface area (TPSA) is 102 Å². The molecule has 0 radical (unpaired) electrons. The minimum atomic E-state index is -0.507. The molecule has 1 aliphatic heterocycles. The summed E-state index contributed by atoms with van der Waals surface area (Å²) in [5.74, 6) is 0.270. The summed E-state index contributed by atoms with van der Waals surface area (Å²) < 4.78 is 11.1. The third-order valence-corrected chi connectivity index (χ3v) is 4.37. The molecule has 1 amide bonds. The number of likely N-dealkylation sites (tertiary alicyclic amines) is 1. The molecule has 1 aromatic carbocycles. The van der Waals surface area contributed by atoms with Crippen LogP contribution in [0.3, 0.4) is 0 Å². The molecule has 2 heterocycles. The minimum absolute atomic E-state index is 0.0196. The van der Waals surface area contributed by atoms with Crippen LogP contribution >= 0.6 is 0 Å². The monoisotopic (exact) mass is 376 g/mol. The summed E-state index contributed by atoms with van der Waals surface area (Å²) in [5, 5.41) is 10.9. The number of anilines is 1. The molecule has 1 aliphatic rings. The lowest BCUT2D eigenvalue weighted by atomic mass is 10.1. The normalized spacial score (nSPS) is 17.3. The van der Waals surface area contributed by atoms with Crippen molar-refractivity contribution in [3.63, 3.8) is 0 Å². The van der Waals surface area contributed by atoms with E-state index in [-0.39, 0.29) is 17.7 Å². The van der Waals surface area contributed by atoms with Crippen LogP contribution in [0.15, 0.2) is 22.6 Å². The predicted octanol–water partition coefficient (Wildman–Crippen LogP) is 3.43. The van der Waals surface area contributed by atoms with Gasteiger partial charge in [0.15, 0.2) is 5.58 Å². The van der Waals surface area contributed by atoms with Gasteiger partial charge in [0.2, 0.25) is 0 Å². The van der Waals surface area contributed by atoms with E-state index >= 15 is 0 Å². The number of nitrogens with zero attached hydrogens (tertiary/aromatic N) is 4. The van der Waals surface area contributed by atoms with Crippen molar-refractivity contribution in [3.8, 4) is 0 Å². The van der Waals surface area contributed by atoms with Gasteiger partial charge in [-0.15, -0.1) is 0 Å². The molecule has 0 aliphatic carbocycles. The van der Waals surface area contributed by atoms with E-state index in [1.54, 1.807) is 11.0 Å². The van der Waals surface area contributed by atoms with Crippen LogP contribution in [0.1, 0.15) is 27.2 Å². The van der Waals surface area contributed by atoms with Gasteiger partial charge in [0.05, 0.1) is 4.92 Å². The highest BCUT2D eigenvalue weighted by molar-refractivity contribution is 5.77. The molecule has 1 fully saturated rings. The third kappa shape index (κ3) is 4.47. The number of amides is 1. The molecular formula is C18H24N4O5. The Morgan fingerprint density at radius 3 is 2.89 bits per heavy atom. The Morgan fingerprint density at radius 2 is 2.22 bits per heavy atom. The molecule has 0 saturated carbocycles. The zero-order chi connectivity index (χ0) is 19.8. The van der Waals surface area contributed by atoms with Crippen LogP contribution in [0.25, 0.3) is 11.1 Å². The van der Waals surface area contributed by atoms with Crippen LogP contribution < -0.4 is 4.90 Å². The Kier molecular flexibility index (Phi) is 4.95. The number of hydrogen-bond donors (Lipinski definition) is 0. The lowest BCUT2D eigenvalue weighted by Crippen LogP contribution is -2.36. The molecular weight excluding hydrogens is 352 g/mol. The maximum absolute atomic E-state index is 12.2. The molecule has 27 heavy (non-hydrogen) atoms. The number of ether oxygens (including phenoxy) is 1. The molecule has 2 aromatic rings. The molecule has 1 aromatic heterocycles. The van der Waals surface area contributed by atoms with Crippen LogP contribution in [-0.2, 0) is 4.74 Å². The minimum Gasteiger partial charge on any atom is -0.444 e. The van der Waals surface area contributed by atoms with Crippen molar-refractivity contribution in [1.29, 1.82) is 0 Å². The van der Waals surface area contributed by atoms with Crippen molar-refractivity contribution < 1.29 is 18.9 Å². The fourth-order valence-electron chi connectivity index (χ4n) is 3.12. The number of nitro groups is 1. The van der Waals surface area contributed by atoms with Crippen molar-refractivity contribution in [1.82, 2.24) is 9.88 Å². The van der Waals surface area contributed by atoms with Crippen LogP contribution in [0, 0.1) is 16.0 Å². The van der Waals surface area contributed by atoms with Crippen LogP contribution in [0.2, 0.25) is 0 Å². The van der Waals surface area contributed by atoms with E-state index in [1.807, 2.05) is 32.7 Å². The van der Waals surface area contributed by atoms with Gasteiger partial charge in [-0.25, -0.2) is 4.79 Å². The Morgan fingerprint density at radius 1 is 1.48 bits per heavy atom. The van der Waals surface area contributed by atoms with Gasteiger partial charge < -0.3 is 19.0 Å². The first-order valence-electron chi connectivity index (χ1n) is 8.86. The number of rotatable bonds is 4. The summed E-state index contributed by atoms with van der Waals surface area (Å²) >= 11 is 0. The van der Waals surface area contributed by atoms with E-state index in [9.17, 15) is 14.9 Å². The number of fused-ring (bicyclic) bond motifs is 1. The summed E-state index contributed by atoms with van der Waals surface area (Å²) in [6.45, 7) is 7.49. The largest absolute Gasteiger partial charge is 0.444 e. The smallest absolute Gasteiger partial charge is 0.410 e. The van der Waals surface area contributed by atoms with E-state index in [2.05, 4.69) is 4.98 Å². The number of benzene rings is 1. The van der Waals surface area contributed by atoms with Gasteiger partial charge in [0.25, 0.3) is 11.7 Å².